The molecule has 0 radical (unpaired) electrons. The largest absolute Gasteiger partial charge is 0.460 e. The summed E-state index contributed by atoms with van der Waals surface area (Å²) >= 11 is 0. The molecule has 0 amide bonds. The fourth-order valence-electron chi connectivity index (χ4n) is 2.37. The molecular formula is C14H17FN2O. The van der Waals surface area contributed by atoms with Crippen molar-refractivity contribution < 1.29 is 8.81 Å². The van der Waals surface area contributed by atoms with Gasteiger partial charge in [0.2, 0.25) is 0 Å². The lowest BCUT2D eigenvalue weighted by atomic mass is 10.2. The Balaban J connectivity index is 1.74. The van der Waals surface area contributed by atoms with Crippen molar-refractivity contribution in [1.29, 1.82) is 0 Å². The summed E-state index contributed by atoms with van der Waals surface area (Å²) in [6.45, 7) is 5.11. The van der Waals surface area contributed by atoms with Gasteiger partial charge in [-0.25, -0.2) is 4.39 Å². The quantitative estimate of drug-likeness (QED) is 0.813. The second-order valence-electron chi connectivity index (χ2n) is 4.97. The first-order chi connectivity index (χ1) is 8.70. The Hall–Kier alpha value is -1.39. The first-order valence-corrected chi connectivity index (χ1v) is 6.29. The Morgan fingerprint density at radius 2 is 1.94 bits per heavy atom. The predicted molar refractivity (Wildman–Crippen MR) is 68.9 cm³/mol. The van der Waals surface area contributed by atoms with Crippen LogP contribution in [0.25, 0.3) is 11.0 Å². The molecule has 4 heteroatoms. The standard InChI is InChI=1S/C14H17FN2O/c1-16-4-6-17(7-5-16)10-13-9-11-8-12(15)2-3-14(11)18-13/h2-3,8-9H,4-7,10H2,1H3. The highest BCUT2D eigenvalue weighted by Gasteiger charge is 2.15. The van der Waals surface area contributed by atoms with Gasteiger partial charge in [0.1, 0.15) is 17.2 Å². The summed E-state index contributed by atoms with van der Waals surface area (Å²) in [5.41, 5.74) is 0.764. The molecule has 0 saturated carbocycles. The van der Waals surface area contributed by atoms with E-state index in [9.17, 15) is 4.39 Å². The maximum Gasteiger partial charge on any atom is 0.134 e. The third-order valence-electron chi connectivity index (χ3n) is 3.50. The molecule has 0 N–H and O–H groups in total. The number of nitrogens with zero attached hydrogens (tertiary/aromatic N) is 2. The molecule has 1 aromatic carbocycles. The SMILES string of the molecule is CN1CCN(Cc2cc3cc(F)ccc3o2)CC1. The topological polar surface area (TPSA) is 19.6 Å². The summed E-state index contributed by atoms with van der Waals surface area (Å²) in [4.78, 5) is 4.69. The van der Waals surface area contributed by atoms with Crippen LogP contribution in [0.15, 0.2) is 28.7 Å². The molecule has 1 aliphatic rings. The van der Waals surface area contributed by atoms with Gasteiger partial charge in [0.25, 0.3) is 0 Å². The summed E-state index contributed by atoms with van der Waals surface area (Å²) in [6, 6.07) is 6.59. The number of benzene rings is 1. The highest BCUT2D eigenvalue weighted by atomic mass is 19.1. The molecule has 1 aromatic heterocycles. The van der Waals surface area contributed by atoms with Gasteiger partial charge in [-0.2, -0.15) is 0 Å². The molecule has 3 nitrogen and oxygen atoms in total. The van der Waals surface area contributed by atoms with E-state index in [-0.39, 0.29) is 5.82 Å². The number of fused-ring (bicyclic) bond motifs is 1. The third kappa shape index (κ3) is 2.40. The van der Waals surface area contributed by atoms with Gasteiger partial charge in [0.05, 0.1) is 6.54 Å². The van der Waals surface area contributed by atoms with Crippen LogP contribution in [0, 0.1) is 5.82 Å². The van der Waals surface area contributed by atoms with Crippen molar-refractivity contribution in [3.63, 3.8) is 0 Å². The van der Waals surface area contributed by atoms with Crippen LogP contribution in [-0.4, -0.2) is 43.0 Å². The number of hydrogen-bond donors (Lipinski definition) is 0. The van der Waals surface area contributed by atoms with E-state index in [1.807, 2.05) is 6.07 Å². The van der Waals surface area contributed by atoms with Crippen molar-refractivity contribution in [3.05, 3.63) is 35.8 Å². The molecule has 1 saturated heterocycles. The zero-order chi connectivity index (χ0) is 12.5. The fraction of sp³-hybridized carbons (Fsp3) is 0.429. The Kier molecular flexibility index (Phi) is 3.06. The Morgan fingerprint density at radius 1 is 1.17 bits per heavy atom. The molecule has 1 fully saturated rings. The van der Waals surface area contributed by atoms with Gasteiger partial charge >= 0.3 is 0 Å². The van der Waals surface area contributed by atoms with E-state index >= 15 is 0 Å². The molecule has 1 aliphatic heterocycles. The van der Waals surface area contributed by atoms with Gasteiger partial charge in [-0.05, 0) is 31.3 Å². The highest BCUT2D eigenvalue weighted by Crippen LogP contribution is 2.21. The molecular weight excluding hydrogens is 231 g/mol. The zero-order valence-corrected chi connectivity index (χ0v) is 10.5. The van der Waals surface area contributed by atoms with E-state index in [1.165, 1.54) is 12.1 Å². The lowest BCUT2D eigenvalue weighted by Gasteiger charge is -2.31. The van der Waals surface area contributed by atoms with Gasteiger partial charge < -0.3 is 9.32 Å². The van der Waals surface area contributed by atoms with E-state index in [2.05, 4.69) is 16.8 Å². The van der Waals surface area contributed by atoms with Crippen LogP contribution in [0.4, 0.5) is 4.39 Å². The Labute approximate surface area is 106 Å². The fourth-order valence-corrected chi connectivity index (χ4v) is 2.37. The van der Waals surface area contributed by atoms with Crippen molar-refractivity contribution in [2.75, 3.05) is 33.2 Å². The summed E-state index contributed by atoms with van der Waals surface area (Å²) in [5, 5.41) is 0.846. The molecule has 0 atom stereocenters. The molecule has 96 valence electrons. The van der Waals surface area contributed by atoms with E-state index < -0.39 is 0 Å². The summed E-state index contributed by atoms with van der Waals surface area (Å²) in [5.74, 6) is 0.703. The van der Waals surface area contributed by atoms with E-state index in [0.29, 0.717) is 0 Å². The molecule has 0 aliphatic carbocycles. The molecule has 2 heterocycles. The van der Waals surface area contributed by atoms with Crippen LogP contribution in [-0.2, 0) is 6.54 Å². The van der Waals surface area contributed by atoms with Gasteiger partial charge in [-0.15, -0.1) is 0 Å². The maximum atomic E-state index is 13.1. The van der Waals surface area contributed by atoms with Crippen LogP contribution < -0.4 is 0 Å². The maximum absolute atomic E-state index is 13.1. The van der Waals surface area contributed by atoms with Gasteiger partial charge in [0, 0.05) is 31.6 Å². The van der Waals surface area contributed by atoms with E-state index in [1.54, 1.807) is 6.07 Å². The lowest BCUT2D eigenvalue weighted by molar-refractivity contribution is 0.141. The van der Waals surface area contributed by atoms with Gasteiger partial charge in [-0.3, -0.25) is 4.90 Å². The predicted octanol–water partition coefficient (Wildman–Crippen LogP) is 2.32. The van der Waals surface area contributed by atoms with Crippen molar-refractivity contribution in [2.24, 2.45) is 0 Å². The second-order valence-corrected chi connectivity index (χ2v) is 4.97. The molecule has 0 bridgehead atoms. The van der Waals surface area contributed by atoms with E-state index in [0.717, 1.165) is 49.5 Å². The smallest absolute Gasteiger partial charge is 0.134 e. The summed E-state index contributed by atoms with van der Waals surface area (Å²) in [7, 11) is 2.14. The molecule has 0 unspecified atom stereocenters. The lowest BCUT2D eigenvalue weighted by Crippen LogP contribution is -2.43. The molecule has 18 heavy (non-hydrogen) atoms. The minimum atomic E-state index is -0.213. The average Bonchev–Trinajstić information content (AvgIpc) is 2.73. The number of likely N-dealkylation sites (N-methyl/N-ethyl adjacent to an activating group) is 1. The zero-order valence-electron chi connectivity index (χ0n) is 10.5. The van der Waals surface area contributed by atoms with Crippen molar-refractivity contribution in [1.82, 2.24) is 9.80 Å². The van der Waals surface area contributed by atoms with Crippen LogP contribution >= 0.6 is 0 Å². The van der Waals surface area contributed by atoms with Gasteiger partial charge in [-0.1, -0.05) is 0 Å². The molecule has 3 rings (SSSR count). The third-order valence-corrected chi connectivity index (χ3v) is 3.50. The summed E-state index contributed by atoms with van der Waals surface area (Å²) < 4.78 is 18.8. The van der Waals surface area contributed by atoms with Crippen LogP contribution in [0.3, 0.4) is 0 Å². The number of piperazine rings is 1. The molecule has 2 aromatic rings. The first-order valence-electron chi connectivity index (χ1n) is 6.29. The van der Waals surface area contributed by atoms with Crippen molar-refractivity contribution in [2.45, 2.75) is 6.54 Å². The minimum Gasteiger partial charge on any atom is -0.460 e. The number of furan rings is 1. The van der Waals surface area contributed by atoms with Crippen LogP contribution in [0.1, 0.15) is 5.76 Å². The Bertz CT molecular complexity index is 544. The van der Waals surface area contributed by atoms with Crippen LogP contribution in [0.2, 0.25) is 0 Å². The number of rotatable bonds is 2. The highest BCUT2D eigenvalue weighted by molar-refractivity contribution is 5.77. The number of hydrogen-bond acceptors (Lipinski definition) is 3. The normalized spacial score (nSPS) is 18.6. The second kappa shape index (κ2) is 4.71. The average molecular weight is 248 g/mol. The Morgan fingerprint density at radius 3 is 2.72 bits per heavy atom. The minimum absolute atomic E-state index is 0.213. The first kappa shape index (κ1) is 11.7. The van der Waals surface area contributed by atoms with Crippen LogP contribution in [0.5, 0.6) is 0 Å². The monoisotopic (exact) mass is 248 g/mol. The van der Waals surface area contributed by atoms with E-state index in [4.69, 9.17) is 4.42 Å². The van der Waals surface area contributed by atoms with Crippen molar-refractivity contribution in [3.8, 4) is 0 Å². The molecule has 0 spiro atoms. The van der Waals surface area contributed by atoms with Crippen molar-refractivity contribution >= 4 is 11.0 Å². The van der Waals surface area contributed by atoms with Gasteiger partial charge in [0.15, 0.2) is 0 Å². The number of halogens is 1. The summed E-state index contributed by atoms with van der Waals surface area (Å²) in [6.07, 6.45) is 0.